The minimum absolute atomic E-state index is 0. The number of carbonyl (C=O) groups is 1. The van der Waals surface area contributed by atoms with E-state index in [0.717, 1.165) is 5.69 Å². The fraction of sp³-hybridized carbons (Fsp3) is 0.458. The molecule has 0 N–H and O–H groups in total. The summed E-state index contributed by atoms with van der Waals surface area (Å²) in [5, 5.41) is 5.16. The Morgan fingerprint density at radius 3 is 1.65 bits per heavy atom. The van der Waals surface area contributed by atoms with Gasteiger partial charge in [-0.05, 0) is 71.4 Å². The third kappa shape index (κ3) is 7.57. The molecule has 0 saturated carbocycles. The Morgan fingerprint density at radius 1 is 0.655 bits per heavy atom. The number of rotatable bonds is 6. The molecule has 55 heavy (non-hydrogen) atoms. The molecule has 0 atom stereocenters. The van der Waals surface area contributed by atoms with Gasteiger partial charge in [0.1, 0.15) is 0 Å². The molecule has 1 radical (unpaired) electrons. The summed E-state index contributed by atoms with van der Waals surface area (Å²) < 4.78 is 2.23. The molecular formula is C48H62AuBN4O-. The number of benzene rings is 4. The largest absolute Gasteiger partial charge is 0.656 e. The maximum atomic E-state index is 13.8. The molecule has 3 aliphatic heterocycles. The molecule has 3 aliphatic rings. The standard InChI is InChI=1S/C30H42N2O.C18H20BN2.Au/c1-19(2)23-13-11-14-24(20(3)4)27(23)31-17-30(9,10)29(33)32(18-31)28-25(21(5)6)15-12-16-26(28)22(7)8;1-17(2)18(3,4)21-16-12-8-6-10-14(16)13-9-5-7-11-15(13)19(21)20-17;/h11-16,19-22H,17H2,1-10H3;5-12H,1-4H3;/q;-1;. The molecule has 1 fully saturated rings. The first kappa shape index (κ1) is 42.7. The second-order valence-electron chi connectivity index (χ2n) is 18.5. The molecule has 5 nitrogen and oxygen atoms in total. The van der Waals surface area contributed by atoms with Crippen LogP contribution in [0.15, 0.2) is 84.9 Å². The van der Waals surface area contributed by atoms with E-state index in [1.54, 1.807) is 0 Å². The fourth-order valence-electron chi connectivity index (χ4n) is 8.48. The van der Waals surface area contributed by atoms with Crippen molar-refractivity contribution in [2.24, 2.45) is 5.41 Å². The molecule has 4 aromatic carbocycles. The molecule has 1 saturated heterocycles. The number of hydrogen-bond donors (Lipinski definition) is 0. The van der Waals surface area contributed by atoms with Crippen molar-refractivity contribution in [2.75, 3.05) is 16.3 Å². The molecule has 0 bridgehead atoms. The van der Waals surface area contributed by atoms with E-state index in [9.17, 15) is 4.79 Å². The summed E-state index contributed by atoms with van der Waals surface area (Å²) in [7, 11) is 0. The zero-order valence-electron chi connectivity index (χ0n) is 35.7. The van der Waals surface area contributed by atoms with E-state index in [2.05, 4.69) is 198 Å². The summed E-state index contributed by atoms with van der Waals surface area (Å²) in [6.07, 6.45) is 3.59. The molecule has 0 unspecified atom stereocenters. The summed E-state index contributed by atoms with van der Waals surface area (Å²) >= 11 is 0. The van der Waals surface area contributed by atoms with Crippen LogP contribution in [0, 0.1) is 5.41 Å². The SMILES string of the molecule is CC(C)c1cccc(C(C)C)c1N1[C-]=[N+](c2c(C(C)C)cccc2C(C)C)CC(C)(C)C1=O.CC1(C)[N-]B2c3ccccc3-c3ccccc3N2C1(C)C.[Au]. The van der Waals surface area contributed by atoms with Crippen LogP contribution in [0.25, 0.3) is 16.4 Å². The average Bonchev–Trinajstić information content (AvgIpc) is 3.31. The van der Waals surface area contributed by atoms with Gasteiger partial charge in [-0.25, -0.2) is 0 Å². The van der Waals surface area contributed by atoms with Crippen LogP contribution in [0.2, 0.25) is 0 Å². The molecule has 295 valence electrons. The summed E-state index contributed by atoms with van der Waals surface area (Å²) in [6, 6.07) is 30.5. The van der Waals surface area contributed by atoms with E-state index in [0.29, 0.717) is 30.2 Å². The van der Waals surface area contributed by atoms with Gasteiger partial charge in [0.05, 0.1) is 23.3 Å². The Kier molecular flexibility index (Phi) is 12.3. The van der Waals surface area contributed by atoms with E-state index >= 15 is 0 Å². The predicted molar refractivity (Wildman–Crippen MR) is 232 cm³/mol. The van der Waals surface area contributed by atoms with Crippen molar-refractivity contribution in [3.63, 3.8) is 0 Å². The van der Waals surface area contributed by atoms with E-state index in [-0.39, 0.29) is 46.3 Å². The first-order chi connectivity index (χ1) is 25.3. The van der Waals surface area contributed by atoms with Gasteiger partial charge in [0.2, 0.25) is 12.2 Å². The van der Waals surface area contributed by atoms with Crippen molar-refractivity contribution in [2.45, 2.75) is 132 Å². The van der Waals surface area contributed by atoms with Gasteiger partial charge >= 0.3 is 0 Å². The Balaban J connectivity index is 0.000000226. The number of para-hydroxylation sites is 3. The predicted octanol–water partition coefficient (Wildman–Crippen LogP) is 11.6. The van der Waals surface area contributed by atoms with E-state index in [4.69, 9.17) is 5.23 Å². The Hall–Kier alpha value is -3.41. The molecule has 1 amide bonds. The first-order valence-corrected chi connectivity index (χ1v) is 20.1. The summed E-state index contributed by atoms with van der Waals surface area (Å²) in [5.41, 5.74) is 11.9. The Morgan fingerprint density at radius 2 is 1.13 bits per heavy atom. The number of nitrogens with zero attached hydrogens (tertiary/aromatic N) is 4. The van der Waals surface area contributed by atoms with Gasteiger partial charge in [0.25, 0.3) is 0 Å². The average molecular weight is 919 g/mol. The van der Waals surface area contributed by atoms with E-state index in [1.165, 1.54) is 50.2 Å². The van der Waals surface area contributed by atoms with Gasteiger partial charge in [-0.2, -0.15) is 0 Å². The zero-order chi connectivity index (χ0) is 39.5. The van der Waals surface area contributed by atoms with Crippen molar-refractivity contribution in [3.05, 3.63) is 112 Å². The van der Waals surface area contributed by atoms with Crippen molar-refractivity contribution in [1.29, 1.82) is 0 Å². The van der Waals surface area contributed by atoms with Crippen molar-refractivity contribution < 1.29 is 31.8 Å². The number of hydrogen-bond acceptors (Lipinski definition) is 2. The molecule has 0 aromatic heterocycles. The van der Waals surface area contributed by atoms with Crippen molar-refractivity contribution >= 4 is 41.8 Å². The van der Waals surface area contributed by atoms with Crippen LogP contribution in [0.5, 0.6) is 0 Å². The third-order valence-electron chi connectivity index (χ3n) is 12.2. The molecule has 7 heteroatoms. The number of carbonyl (C=O) groups excluding carboxylic acids is 1. The van der Waals surface area contributed by atoms with E-state index < -0.39 is 5.41 Å². The van der Waals surface area contributed by atoms with Gasteiger partial charge in [0.15, 0.2) is 6.98 Å². The minimum atomic E-state index is -0.540. The van der Waals surface area contributed by atoms with Gasteiger partial charge < -0.3 is 19.4 Å². The van der Waals surface area contributed by atoms with Crippen LogP contribution in [-0.4, -0.2) is 41.4 Å². The fourth-order valence-corrected chi connectivity index (χ4v) is 8.48. The molecular weight excluding hydrogens is 856 g/mol. The molecule has 4 aromatic rings. The van der Waals surface area contributed by atoms with Crippen LogP contribution >= 0.6 is 0 Å². The minimum Gasteiger partial charge on any atom is -0.656 e. The van der Waals surface area contributed by atoms with Gasteiger partial charge in [0, 0.05) is 39.2 Å². The van der Waals surface area contributed by atoms with Crippen molar-refractivity contribution in [1.82, 2.24) is 0 Å². The van der Waals surface area contributed by atoms with Crippen LogP contribution < -0.4 is 15.2 Å². The quantitative estimate of drug-likeness (QED) is 0.110. The van der Waals surface area contributed by atoms with Crippen LogP contribution in [-0.2, 0) is 27.2 Å². The topological polar surface area (TPSA) is 40.7 Å². The number of fused-ring (bicyclic) bond motifs is 6. The van der Waals surface area contributed by atoms with Crippen LogP contribution in [0.1, 0.15) is 143 Å². The number of amides is 1. The number of anilines is 2. The maximum absolute atomic E-state index is 13.8. The van der Waals surface area contributed by atoms with Gasteiger partial charge in [-0.3, -0.25) is 4.90 Å². The molecule has 0 spiro atoms. The van der Waals surface area contributed by atoms with Gasteiger partial charge in [-0.15, -0.1) is 5.54 Å². The maximum Gasteiger partial charge on any atom is 0.247 e. The second-order valence-corrected chi connectivity index (χ2v) is 18.5. The van der Waals surface area contributed by atoms with Gasteiger partial charge in [-0.1, -0.05) is 167 Å². The monoisotopic (exact) mass is 918 g/mol. The smallest absolute Gasteiger partial charge is 0.247 e. The summed E-state index contributed by atoms with van der Waals surface area (Å²) in [6.45, 7) is 31.7. The Labute approximate surface area is 348 Å². The van der Waals surface area contributed by atoms with E-state index in [1.807, 2.05) is 4.90 Å². The van der Waals surface area contributed by atoms with Crippen molar-refractivity contribution in [3.8, 4) is 11.1 Å². The van der Waals surface area contributed by atoms with Crippen LogP contribution in [0.4, 0.5) is 17.1 Å². The van der Waals surface area contributed by atoms with Crippen LogP contribution in [0.3, 0.4) is 0 Å². The molecule has 7 rings (SSSR count). The Bertz CT molecular complexity index is 2030. The molecule has 3 heterocycles. The zero-order valence-corrected chi connectivity index (χ0v) is 37.8. The third-order valence-corrected chi connectivity index (χ3v) is 12.2. The normalized spacial score (nSPS) is 17.7. The first-order valence-electron chi connectivity index (χ1n) is 20.1. The summed E-state index contributed by atoms with van der Waals surface area (Å²) in [4.78, 5) is 18.2. The second kappa shape index (κ2) is 15.8. The summed E-state index contributed by atoms with van der Waals surface area (Å²) in [5.74, 6) is 1.48. The molecule has 0 aliphatic carbocycles.